The Balaban J connectivity index is 1.68. The summed E-state index contributed by atoms with van der Waals surface area (Å²) >= 11 is 0. The van der Waals surface area contributed by atoms with Gasteiger partial charge in [0.15, 0.2) is 5.75 Å². The van der Waals surface area contributed by atoms with Crippen LogP contribution in [0.5, 0.6) is 17.2 Å². The number of ether oxygens (including phenoxy) is 2. The smallest absolute Gasteiger partial charge is 0.305 e. The number of halogens is 1. The van der Waals surface area contributed by atoms with Gasteiger partial charge in [0.2, 0.25) is 0 Å². The fourth-order valence-corrected chi connectivity index (χ4v) is 4.07. The first-order chi connectivity index (χ1) is 15.0. The molecular weight excluding hydrogens is 397 g/mol. The number of methoxy groups -OCH3 is 1. The van der Waals surface area contributed by atoms with E-state index in [1.165, 1.54) is 6.07 Å². The Morgan fingerprint density at radius 1 is 1.10 bits per heavy atom. The number of aliphatic carboxylic acids is 1. The summed E-state index contributed by atoms with van der Waals surface area (Å²) in [5.41, 5.74) is 1.96. The van der Waals surface area contributed by atoms with Crippen molar-refractivity contribution in [2.24, 2.45) is 0 Å². The van der Waals surface area contributed by atoms with Gasteiger partial charge in [-0.2, -0.15) is 0 Å². The molecule has 0 bridgehead atoms. The van der Waals surface area contributed by atoms with Gasteiger partial charge in [0.1, 0.15) is 17.3 Å². The molecule has 6 heteroatoms. The molecule has 1 unspecified atom stereocenters. The second kappa shape index (κ2) is 9.08. The number of hydrogen-bond donors (Lipinski definition) is 1. The third kappa shape index (κ3) is 4.63. The molecule has 1 aliphatic heterocycles. The standard InChI is InChI=1S/C25H24FNO4/c1-30-19-13-17(21-8-2-3-9-22(21)26)14-20(16-19)31-24-11-5-4-10-23(24)27-12-6-7-18(27)15-25(28)29/h2-5,8-11,13-14,16,18H,6-7,12,15H2,1H3,(H,28,29). The molecule has 3 aromatic carbocycles. The van der Waals surface area contributed by atoms with E-state index in [9.17, 15) is 14.3 Å². The van der Waals surface area contributed by atoms with Crippen molar-refractivity contribution in [2.75, 3.05) is 18.6 Å². The molecule has 1 heterocycles. The molecule has 0 spiro atoms. The average Bonchev–Trinajstić information content (AvgIpc) is 3.21. The highest BCUT2D eigenvalue weighted by Gasteiger charge is 2.28. The van der Waals surface area contributed by atoms with Crippen molar-refractivity contribution in [3.05, 3.63) is 72.5 Å². The van der Waals surface area contributed by atoms with Crippen LogP contribution in [0.2, 0.25) is 0 Å². The van der Waals surface area contributed by atoms with E-state index >= 15 is 0 Å². The molecule has 0 amide bonds. The summed E-state index contributed by atoms with van der Waals surface area (Å²) in [6.45, 7) is 0.775. The lowest BCUT2D eigenvalue weighted by atomic mass is 10.0. The second-order valence-electron chi connectivity index (χ2n) is 7.53. The van der Waals surface area contributed by atoms with Crippen LogP contribution in [0.1, 0.15) is 19.3 Å². The molecule has 160 valence electrons. The third-order valence-corrected chi connectivity index (χ3v) is 5.49. The number of rotatable bonds is 7. The number of carboxylic acid groups (broad SMARTS) is 1. The fourth-order valence-electron chi connectivity index (χ4n) is 4.07. The van der Waals surface area contributed by atoms with Crippen LogP contribution in [-0.4, -0.2) is 30.8 Å². The summed E-state index contributed by atoms with van der Waals surface area (Å²) in [6, 6.07) is 19.4. The van der Waals surface area contributed by atoms with Crippen molar-refractivity contribution < 1.29 is 23.8 Å². The van der Waals surface area contributed by atoms with Gasteiger partial charge in [-0.1, -0.05) is 30.3 Å². The van der Waals surface area contributed by atoms with Gasteiger partial charge >= 0.3 is 5.97 Å². The molecule has 0 aliphatic carbocycles. The van der Waals surface area contributed by atoms with Crippen molar-refractivity contribution in [3.63, 3.8) is 0 Å². The van der Waals surface area contributed by atoms with Crippen LogP contribution in [0.25, 0.3) is 11.1 Å². The number of hydrogen-bond acceptors (Lipinski definition) is 4. The van der Waals surface area contributed by atoms with Crippen molar-refractivity contribution in [3.8, 4) is 28.4 Å². The molecule has 31 heavy (non-hydrogen) atoms. The minimum absolute atomic E-state index is 0.0680. The Morgan fingerprint density at radius 2 is 1.84 bits per heavy atom. The van der Waals surface area contributed by atoms with Gasteiger partial charge in [0.05, 0.1) is 19.2 Å². The number of carboxylic acids is 1. The van der Waals surface area contributed by atoms with E-state index in [0.29, 0.717) is 28.4 Å². The fraction of sp³-hybridized carbons (Fsp3) is 0.240. The molecule has 1 aliphatic rings. The third-order valence-electron chi connectivity index (χ3n) is 5.49. The van der Waals surface area contributed by atoms with Crippen LogP contribution in [0.15, 0.2) is 66.7 Å². The van der Waals surface area contributed by atoms with Gasteiger partial charge < -0.3 is 19.5 Å². The maximum atomic E-state index is 14.3. The summed E-state index contributed by atoms with van der Waals surface area (Å²) in [6.07, 6.45) is 1.85. The normalized spacial score (nSPS) is 15.7. The van der Waals surface area contributed by atoms with Crippen LogP contribution in [0.4, 0.5) is 10.1 Å². The zero-order valence-electron chi connectivity index (χ0n) is 17.3. The van der Waals surface area contributed by atoms with Crippen molar-refractivity contribution in [1.82, 2.24) is 0 Å². The minimum Gasteiger partial charge on any atom is -0.497 e. The van der Waals surface area contributed by atoms with E-state index < -0.39 is 5.97 Å². The Kier molecular flexibility index (Phi) is 6.07. The highest BCUT2D eigenvalue weighted by Crippen LogP contribution is 2.39. The van der Waals surface area contributed by atoms with E-state index in [1.54, 1.807) is 43.5 Å². The first kappa shape index (κ1) is 20.7. The predicted octanol–water partition coefficient (Wildman–Crippen LogP) is 5.74. The van der Waals surface area contributed by atoms with E-state index in [-0.39, 0.29) is 18.3 Å². The Bertz CT molecular complexity index is 1080. The summed E-state index contributed by atoms with van der Waals surface area (Å²) in [5, 5.41) is 9.26. The van der Waals surface area contributed by atoms with Gasteiger partial charge in [0.25, 0.3) is 0 Å². The van der Waals surface area contributed by atoms with Crippen LogP contribution < -0.4 is 14.4 Å². The number of carbonyl (C=O) groups is 1. The van der Waals surface area contributed by atoms with E-state index in [0.717, 1.165) is 25.1 Å². The van der Waals surface area contributed by atoms with Gasteiger partial charge in [-0.15, -0.1) is 0 Å². The predicted molar refractivity (Wildman–Crippen MR) is 118 cm³/mol. The molecular formula is C25H24FNO4. The SMILES string of the molecule is COc1cc(Oc2ccccc2N2CCCC2CC(=O)O)cc(-c2ccccc2F)c1. The van der Waals surface area contributed by atoms with Gasteiger partial charge in [-0.05, 0) is 48.7 Å². The van der Waals surface area contributed by atoms with Crippen molar-refractivity contribution in [1.29, 1.82) is 0 Å². The zero-order valence-corrected chi connectivity index (χ0v) is 17.3. The monoisotopic (exact) mass is 421 g/mol. The van der Waals surface area contributed by atoms with Crippen LogP contribution >= 0.6 is 0 Å². The summed E-state index contributed by atoms with van der Waals surface area (Å²) in [7, 11) is 1.55. The van der Waals surface area contributed by atoms with E-state index in [1.807, 2.05) is 24.3 Å². The molecule has 5 nitrogen and oxygen atoms in total. The summed E-state index contributed by atoms with van der Waals surface area (Å²) in [5.74, 6) is 0.554. The van der Waals surface area contributed by atoms with Gasteiger partial charge in [-0.3, -0.25) is 4.79 Å². The lowest BCUT2D eigenvalue weighted by molar-refractivity contribution is -0.137. The Labute approximate surface area is 180 Å². The van der Waals surface area contributed by atoms with E-state index in [4.69, 9.17) is 9.47 Å². The zero-order chi connectivity index (χ0) is 21.8. The molecule has 1 N–H and O–H groups in total. The molecule has 1 atom stereocenters. The number of benzene rings is 3. The molecule has 1 fully saturated rings. The number of anilines is 1. The van der Waals surface area contributed by atoms with Crippen molar-refractivity contribution in [2.45, 2.75) is 25.3 Å². The molecule has 4 rings (SSSR count). The van der Waals surface area contributed by atoms with E-state index in [2.05, 4.69) is 4.90 Å². The average molecular weight is 421 g/mol. The molecule has 1 saturated heterocycles. The quantitative estimate of drug-likeness (QED) is 0.527. The lowest BCUT2D eigenvalue weighted by Crippen LogP contribution is -2.31. The highest BCUT2D eigenvalue weighted by atomic mass is 19.1. The Hall–Kier alpha value is -3.54. The van der Waals surface area contributed by atoms with Gasteiger partial charge in [0, 0.05) is 24.2 Å². The topological polar surface area (TPSA) is 59.0 Å². The summed E-state index contributed by atoms with van der Waals surface area (Å²) in [4.78, 5) is 13.4. The maximum Gasteiger partial charge on any atom is 0.305 e. The number of para-hydroxylation sites is 2. The molecule has 0 radical (unpaired) electrons. The second-order valence-corrected chi connectivity index (χ2v) is 7.53. The number of nitrogens with zero attached hydrogens (tertiary/aromatic N) is 1. The molecule has 0 aromatic heterocycles. The molecule has 0 saturated carbocycles. The summed E-state index contributed by atoms with van der Waals surface area (Å²) < 4.78 is 26.0. The van der Waals surface area contributed by atoms with Crippen molar-refractivity contribution >= 4 is 11.7 Å². The minimum atomic E-state index is -0.808. The first-order valence-electron chi connectivity index (χ1n) is 10.2. The maximum absolute atomic E-state index is 14.3. The molecule has 3 aromatic rings. The van der Waals surface area contributed by atoms with Crippen LogP contribution in [0.3, 0.4) is 0 Å². The largest absolute Gasteiger partial charge is 0.497 e. The lowest BCUT2D eigenvalue weighted by Gasteiger charge is -2.27. The van der Waals surface area contributed by atoms with Gasteiger partial charge in [-0.25, -0.2) is 4.39 Å². The Morgan fingerprint density at radius 3 is 2.61 bits per heavy atom. The van der Waals surface area contributed by atoms with Crippen LogP contribution in [0, 0.1) is 5.82 Å². The highest BCUT2D eigenvalue weighted by molar-refractivity contribution is 5.71. The van der Waals surface area contributed by atoms with Crippen LogP contribution in [-0.2, 0) is 4.79 Å². The first-order valence-corrected chi connectivity index (χ1v) is 10.2.